The van der Waals surface area contributed by atoms with Gasteiger partial charge in [-0.2, -0.15) is 0 Å². The summed E-state index contributed by atoms with van der Waals surface area (Å²) in [6, 6.07) is 1.23. The molecule has 0 aromatic rings. The Morgan fingerprint density at radius 3 is 2.64 bits per heavy atom. The number of nitrogens with zero attached hydrogens (tertiary/aromatic N) is 1. The zero-order valence-electron chi connectivity index (χ0n) is 9.04. The van der Waals surface area contributed by atoms with Crippen molar-refractivity contribution in [2.24, 2.45) is 5.73 Å². The summed E-state index contributed by atoms with van der Waals surface area (Å²) in [7, 11) is 0. The molecule has 1 unspecified atom stereocenters. The maximum atomic E-state index is 6.07. The van der Waals surface area contributed by atoms with Gasteiger partial charge in [0, 0.05) is 18.6 Å². The summed E-state index contributed by atoms with van der Waals surface area (Å²) in [5, 5.41) is 3.42. The van der Waals surface area contributed by atoms with Crippen molar-refractivity contribution in [1.82, 2.24) is 10.2 Å². The first kappa shape index (κ1) is 10.4. The lowest BCUT2D eigenvalue weighted by Gasteiger charge is -2.34. The summed E-state index contributed by atoms with van der Waals surface area (Å²) in [5.41, 5.74) is 6.07. The molecule has 3 heteroatoms. The van der Waals surface area contributed by atoms with Crippen LogP contribution in [0.4, 0.5) is 0 Å². The fourth-order valence-corrected chi connectivity index (χ4v) is 2.71. The molecule has 1 atom stereocenters. The fourth-order valence-electron chi connectivity index (χ4n) is 2.71. The SMILES string of the molecule is NC1CCCCN(C2CCNCC2)C1. The van der Waals surface area contributed by atoms with Crippen LogP contribution >= 0.6 is 0 Å². The number of nitrogens with two attached hydrogens (primary N) is 1. The van der Waals surface area contributed by atoms with Gasteiger partial charge in [-0.1, -0.05) is 6.42 Å². The second-order valence-electron chi connectivity index (χ2n) is 4.73. The normalized spacial score (nSPS) is 32.8. The number of likely N-dealkylation sites (tertiary alicyclic amines) is 1. The van der Waals surface area contributed by atoms with Gasteiger partial charge in [-0.3, -0.25) is 4.90 Å². The average molecular weight is 197 g/mol. The van der Waals surface area contributed by atoms with Crippen LogP contribution in [0.2, 0.25) is 0 Å². The maximum Gasteiger partial charge on any atom is 0.0167 e. The van der Waals surface area contributed by atoms with Crippen LogP contribution in [0.15, 0.2) is 0 Å². The minimum Gasteiger partial charge on any atom is -0.327 e. The van der Waals surface area contributed by atoms with Crippen molar-refractivity contribution in [3.05, 3.63) is 0 Å². The van der Waals surface area contributed by atoms with Gasteiger partial charge >= 0.3 is 0 Å². The number of hydrogen-bond donors (Lipinski definition) is 2. The van der Waals surface area contributed by atoms with Crippen molar-refractivity contribution < 1.29 is 0 Å². The van der Waals surface area contributed by atoms with E-state index in [1.54, 1.807) is 0 Å². The largest absolute Gasteiger partial charge is 0.327 e. The van der Waals surface area contributed by atoms with E-state index in [1.807, 2.05) is 0 Å². The van der Waals surface area contributed by atoms with E-state index in [9.17, 15) is 0 Å². The zero-order valence-corrected chi connectivity index (χ0v) is 9.04. The highest BCUT2D eigenvalue weighted by Gasteiger charge is 2.23. The molecule has 82 valence electrons. The Bertz CT molecular complexity index is 166. The molecule has 0 bridgehead atoms. The van der Waals surface area contributed by atoms with E-state index in [2.05, 4.69) is 10.2 Å². The second kappa shape index (κ2) is 5.10. The molecule has 3 N–H and O–H groups in total. The summed E-state index contributed by atoms with van der Waals surface area (Å²) >= 11 is 0. The second-order valence-corrected chi connectivity index (χ2v) is 4.73. The topological polar surface area (TPSA) is 41.3 Å². The first-order valence-electron chi connectivity index (χ1n) is 6.06. The van der Waals surface area contributed by atoms with Crippen molar-refractivity contribution >= 4 is 0 Å². The van der Waals surface area contributed by atoms with Gasteiger partial charge in [0.05, 0.1) is 0 Å². The Hall–Kier alpha value is -0.120. The van der Waals surface area contributed by atoms with Crippen LogP contribution in [-0.2, 0) is 0 Å². The van der Waals surface area contributed by atoms with Crippen LogP contribution in [0, 0.1) is 0 Å². The molecule has 0 spiro atoms. The van der Waals surface area contributed by atoms with Crippen LogP contribution in [0.5, 0.6) is 0 Å². The van der Waals surface area contributed by atoms with Crippen molar-refractivity contribution in [3.8, 4) is 0 Å². The quantitative estimate of drug-likeness (QED) is 0.645. The number of rotatable bonds is 1. The highest BCUT2D eigenvalue weighted by Crippen LogP contribution is 2.17. The Kier molecular flexibility index (Phi) is 3.79. The molecule has 0 aromatic carbocycles. The lowest BCUT2D eigenvalue weighted by Crippen LogP contribution is -2.46. The lowest BCUT2D eigenvalue weighted by molar-refractivity contribution is 0.162. The molecular weight excluding hydrogens is 174 g/mol. The molecule has 2 saturated heterocycles. The van der Waals surface area contributed by atoms with Gasteiger partial charge in [0.2, 0.25) is 0 Å². The minimum atomic E-state index is 0.424. The minimum absolute atomic E-state index is 0.424. The van der Waals surface area contributed by atoms with Gasteiger partial charge in [0.15, 0.2) is 0 Å². The highest BCUT2D eigenvalue weighted by atomic mass is 15.2. The fraction of sp³-hybridized carbons (Fsp3) is 1.00. The van der Waals surface area contributed by atoms with Crippen molar-refractivity contribution in [2.45, 2.75) is 44.2 Å². The summed E-state index contributed by atoms with van der Waals surface area (Å²) in [6.07, 6.45) is 6.52. The van der Waals surface area contributed by atoms with Crippen molar-refractivity contribution in [1.29, 1.82) is 0 Å². The highest BCUT2D eigenvalue weighted by molar-refractivity contribution is 4.82. The maximum absolute atomic E-state index is 6.07. The summed E-state index contributed by atoms with van der Waals surface area (Å²) in [5.74, 6) is 0. The first-order chi connectivity index (χ1) is 6.86. The molecule has 0 aromatic heterocycles. The Morgan fingerprint density at radius 1 is 1.07 bits per heavy atom. The van der Waals surface area contributed by atoms with E-state index in [0.29, 0.717) is 6.04 Å². The summed E-state index contributed by atoms with van der Waals surface area (Å²) in [4.78, 5) is 2.64. The molecule has 2 aliphatic rings. The molecule has 3 nitrogen and oxygen atoms in total. The third-order valence-corrected chi connectivity index (χ3v) is 3.56. The third-order valence-electron chi connectivity index (χ3n) is 3.56. The van der Waals surface area contributed by atoms with Gasteiger partial charge in [-0.15, -0.1) is 0 Å². The third kappa shape index (κ3) is 2.69. The zero-order chi connectivity index (χ0) is 9.80. The Morgan fingerprint density at radius 2 is 1.86 bits per heavy atom. The molecule has 2 heterocycles. The number of piperidine rings is 1. The van der Waals surface area contributed by atoms with Crippen molar-refractivity contribution in [2.75, 3.05) is 26.2 Å². The van der Waals surface area contributed by atoms with E-state index in [0.717, 1.165) is 12.6 Å². The Balaban J connectivity index is 1.87. The molecule has 2 fully saturated rings. The molecule has 0 radical (unpaired) electrons. The number of nitrogens with one attached hydrogen (secondary N) is 1. The van der Waals surface area contributed by atoms with Crippen molar-refractivity contribution in [3.63, 3.8) is 0 Å². The lowest BCUT2D eigenvalue weighted by atomic mass is 10.0. The standard InChI is InChI=1S/C11H23N3/c12-10-3-1-2-8-14(9-10)11-4-6-13-7-5-11/h10-11,13H,1-9,12H2. The molecule has 0 aliphatic carbocycles. The van der Waals surface area contributed by atoms with Crippen LogP contribution in [0.1, 0.15) is 32.1 Å². The van der Waals surface area contributed by atoms with Gasteiger partial charge in [0.1, 0.15) is 0 Å². The van der Waals surface area contributed by atoms with Crippen LogP contribution in [0.25, 0.3) is 0 Å². The summed E-state index contributed by atoms with van der Waals surface area (Å²) < 4.78 is 0. The van der Waals surface area contributed by atoms with Gasteiger partial charge in [-0.25, -0.2) is 0 Å². The smallest absolute Gasteiger partial charge is 0.0167 e. The molecular formula is C11H23N3. The van der Waals surface area contributed by atoms with Crippen LogP contribution in [0.3, 0.4) is 0 Å². The number of hydrogen-bond acceptors (Lipinski definition) is 3. The molecule has 2 rings (SSSR count). The molecule has 2 aliphatic heterocycles. The van der Waals surface area contributed by atoms with E-state index < -0.39 is 0 Å². The predicted octanol–water partition coefficient (Wildman–Crippen LogP) is 0.552. The van der Waals surface area contributed by atoms with E-state index in [1.165, 1.54) is 51.7 Å². The van der Waals surface area contributed by atoms with Gasteiger partial charge < -0.3 is 11.1 Å². The van der Waals surface area contributed by atoms with Crippen LogP contribution in [-0.4, -0.2) is 43.2 Å². The molecule has 14 heavy (non-hydrogen) atoms. The first-order valence-corrected chi connectivity index (χ1v) is 6.06. The molecule has 0 saturated carbocycles. The molecule has 0 amide bonds. The van der Waals surface area contributed by atoms with E-state index >= 15 is 0 Å². The van der Waals surface area contributed by atoms with Gasteiger partial charge in [-0.05, 0) is 45.3 Å². The Labute approximate surface area is 87.0 Å². The van der Waals surface area contributed by atoms with E-state index in [-0.39, 0.29) is 0 Å². The van der Waals surface area contributed by atoms with E-state index in [4.69, 9.17) is 5.73 Å². The average Bonchev–Trinajstić information content (AvgIpc) is 2.44. The van der Waals surface area contributed by atoms with Gasteiger partial charge in [0.25, 0.3) is 0 Å². The van der Waals surface area contributed by atoms with Crippen LogP contribution < -0.4 is 11.1 Å². The summed E-state index contributed by atoms with van der Waals surface area (Å²) in [6.45, 7) is 4.79. The monoisotopic (exact) mass is 197 g/mol. The predicted molar refractivity (Wildman–Crippen MR) is 59.3 cm³/mol.